The molecule has 0 radical (unpaired) electrons. The number of hydrogen-bond donors (Lipinski definition) is 0. The van der Waals surface area contributed by atoms with Crippen molar-refractivity contribution in [2.45, 2.75) is 44.2 Å². The van der Waals surface area contributed by atoms with Gasteiger partial charge in [0.15, 0.2) is 5.82 Å². The molecule has 0 bridgehead atoms. The number of aromatic nitrogens is 2. The van der Waals surface area contributed by atoms with Crippen LogP contribution in [0.5, 0.6) is 0 Å². The summed E-state index contributed by atoms with van der Waals surface area (Å²) in [6, 6.07) is 4.60. The molecule has 144 valence electrons. The molecule has 1 aromatic heterocycles. The lowest BCUT2D eigenvalue weighted by Crippen LogP contribution is -2.40. The van der Waals surface area contributed by atoms with Gasteiger partial charge in [-0.1, -0.05) is 11.2 Å². The lowest BCUT2D eigenvalue weighted by Gasteiger charge is -2.32. The van der Waals surface area contributed by atoms with E-state index >= 15 is 0 Å². The van der Waals surface area contributed by atoms with Gasteiger partial charge in [0.25, 0.3) is 5.91 Å². The van der Waals surface area contributed by atoms with E-state index in [0.29, 0.717) is 31.3 Å². The van der Waals surface area contributed by atoms with Crippen molar-refractivity contribution in [2.24, 2.45) is 5.92 Å². The largest absolute Gasteiger partial charge is 0.416 e. The van der Waals surface area contributed by atoms with Gasteiger partial charge >= 0.3 is 6.18 Å². The summed E-state index contributed by atoms with van der Waals surface area (Å²) in [4.78, 5) is 18.7. The van der Waals surface area contributed by atoms with Crippen LogP contribution in [-0.4, -0.2) is 34.0 Å². The standard InChI is InChI=1S/C19H20F3N3O2/c20-19(21,22)15-5-1-4-14(10-15)18(26)25-8-2-3-12(11-25)9-16-23-17(24-27-16)13-6-7-13/h1,4-5,10,12-13H,2-3,6-9,11H2/t12-/m1/s1. The first kappa shape index (κ1) is 18.0. The summed E-state index contributed by atoms with van der Waals surface area (Å²) < 4.78 is 44.0. The van der Waals surface area contributed by atoms with Crippen molar-refractivity contribution >= 4 is 5.91 Å². The molecular formula is C19H20F3N3O2. The number of carbonyl (C=O) groups is 1. The molecule has 0 unspecified atom stereocenters. The molecule has 1 aliphatic heterocycles. The molecule has 0 spiro atoms. The van der Waals surface area contributed by atoms with E-state index in [1.54, 1.807) is 4.90 Å². The molecule has 27 heavy (non-hydrogen) atoms. The summed E-state index contributed by atoms with van der Waals surface area (Å²) >= 11 is 0. The predicted molar refractivity (Wildman–Crippen MR) is 90.0 cm³/mol. The van der Waals surface area contributed by atoms with Gasteiger partial charge in [-0.15, -0.1) is 0 Å². The third kappa shape index (κ3) is 4.14. The van der Waals surface area contributed by atoms with Crippen LogP contribution >= 0.6 is 0 Å². The molecule has 4 rings (SSSR count). The van der Waals surface area contributed by atoms with Crippen molar-refractivity contribution in [3.05, 3.63) is 47.1 Å². The second-order valence-corrected chi connectivity index (χ2v) is 7.36. The highest BCUT2D eigenvalue weighted by Gasteiger charge is 2.33. The fraction of sp³-hybridized carbons (Fsp3) is 0.526. The van der Waals surface area contributed by atoms with Gasteiger partial charge in [0.2, 0.25) is 5.89 Å². The summed E-state index contributed by atoms with van der Waals surface area (Å²) in [5, 5.41) is 4.00. The zero-order chi connectivity index (χ0) is 19.0. The number of piperidine rings is 1. The van der Waals surface area contributed by atoms with Crippen molar-refractivity contribution in [1.82, 2.24) is 15.0 Å². The van der Waals surface area contributed by atoms with Gasteiger partial charge in [0, 0.05) is 31.0 Å². The number of carbonyl (C=O) groups excluding carboxylic acids is 1. The molecule has 2 fully saturated rings. The van der Waals surface area contributed by atoms with Crippen LogP contribution in [0.2, 0.25) is 0 Å². The lowest BCUT2D eigenvalue weighted by molar-refractivity contribution is -0.137. The Bertz CT molecular complexity index is 830. The van der Waals surface area contributed by atoms with Crippen molar-refractivity contribution in [1.29, 1.82) is 0 Å². The maximum atomic E-state index is 12.9. The monoisotopic (exact) mass is 379 g/mol. The fourth-order valence-corrected chi connectivity index (χ4v) is 3.53. The maximum absolute atomic E-state index is 12.9. The zero-order valence-electron chi connectivity index (χ0n) is 14.7. The third-order valence-electron chi connectivity index (χ3n) is 5.13. The second kappa shape index (κ2) is 6.98. The fourth-order valence-electron chi connectivity index (χ4n) is 3.53. The average Bonchev–Trinajstić information content (AvgIpc) is 3.40. The second-order valence-electron chi connectivity index (χ2n) is 7.36. The number of nitrogens with zero attached hydrogens (tertiary/aromatic N) is 3. The number of benzene rings is 1. The molecule has 1 aliphatic carbocycles. The third-order valence-corrected chi connectivity index (χ3v) is 5.13. The normalized spacial score (nSPS) is 20.7. The first-order valence-corrected chi connectivity index (χ1v) is 9.19. The van der Waals surface area contributed by atoms with Crippen LogP contribution in [-0.2, 0) is 12.6 Å². The topological polar surface area (TPSA) is 59.2 Å². The number of hydrogen-bond acceptors (Lipinski definition) is 4. The first-order valence-electron chi connectivity index (χ1n) is 9.19. The summed E-state index contributed by atoms with van der Waals surface area (Å²) in [7, 11) is 0. The lowest BCUT2D eigenvalue weighted by atomic mass is 9.94. The molecule has 1 amide bonds. The van der Waals surface area contributed by atoms with Crippen molar-refractivity contribution in [3.63, 3.8) is 0 Å². The van der Waals surface area contributed by atoms with Crippen LogP contribution < -0.4 is 0 Å². The Morgan fingerprint density at radius 2 is 2.07 bits per heavy atom. The quantitative estimate of drug-likeness (QED) is 0.804. The Hall–Kier alpha value is -2.38. The van der Waals surface area contributed by atoms with Crippen LogP contribution in [0.1, 0.15) is 59.2 Å². The van der Waals surface area contributed by atoms with E-state index < -0.39 is 11.7 Å². The number of halogens is 3. The van der Waals surface area contributed by atoms with E-state index in [9.17, 15) is 18.0 Å². The Morgan fingerprint density at radius 3 is 2.81 bits per heavy atom. The van der Waals surface area contributed by atoms with Crippen LogP contribution in [0.15, 0.2) is 28.8 Å². The highest BCUT2D eigenvalue weighted by molar-refractivity contribution is 5.94. The van der Waals surface area contributed by atoms with Gasteiger partial charge in [0.05, 0.1) is 5.56 Å². The van der Waals surface area contributed by atoms with Crippen LogP contribution in [0.3, 0.4) is 0 Å². The molecule has 8 heteroatoms. The number of rotatable bonds is 4. The van der Waals surface area contributed by atoms with Crippen LogP contribution in [0, 0.1) is 5.92 Å². The molecule has 1 atom stereocenters. The summed E-state index contributed by atoms with van der Waals surface area (Å²) in [5.41, 5.74) is -0.736. The van der Waals surface area contributed by atoms with Gasteiger partial charge < -0.3 is 9.42 Å². The van der Waals surface area contributed by atoms with Crippen molar-refractivity contribution < 1.29 is 22.5 Å². The minimum atomic E-state index is -4.46. The van der Waals surface area contributed by atoms with Gasteiger partial charge in [-0.05, 0) is 49.8 Å². The summed E-state index contributed by atoms with van der Waals surface area (Å²) in [6.45, 7) is 1.03. The minimum Gasteiger partial charge on any atom is -0.339 e. The van der Waals surface area contributed by atoms with Gasteiger partial charge in [-0.3, -0.25) is 4.79 Å². The van der Waals surface area contributed by atoms with E-state index in [4.69, 9.17) is 4.52 Å². The minimum absolute atomic E-state index is 0.0688. The van der Waals surface area contributed by atoms with E-state index in [-0.39, 0.29) is 17.4 Å². The van der Waals surface area contributed by atoms with Crippen LogP contribution in [0.4, 0.5) is 13.2 Å². The zero-order valence-corrected chi connectivity index (χ0v) is 14.7. The molecule has 1 saturated carbocycles. The molecule has 1 aromatic carbocycles. The van der Waals surface area contributed by atoms with Crippen molar-refractivity contribution in [3.8, 4) is 0 Å². The van der Waals surface area contributed by atoms with Crippen LogP contribution in [0.25, 0.3) is 0 Å². The smallest absolute Gasteiger partial charge is 0.339 e. The molecule has 1 saturated heterocycles. The highest BCUT2D eigenvalue weighted by atomic mass is 19.4. The number of likely N-dealkylation sites (tertiary alicyclic amines) is 1. The maximum Gasteiger partial charge on any atom is 0.416 e. The molecule has 2 heterocycles. The molecule has 2 aromatic rings. The molecule has 0 N–H and O–H groups in total. The van der Waals surface area contributed by atoms with Gasteiger partial charge in [-0.25, -0.2) is 0 Å². The Kier molecular flexibility index (Phi) is 4.65. The van der Waals surface area contributed by atoms with Gasteiger partial charge in [0.1, 0.15) is 0 Å². The van der Waals surface area contributed by atoms with Gasteiger partial charge in [-0.2, -0.15) is 18.2 Å². The van der Waals surface area contributed by atoms with E-state index in [1.165, 1.54) is 12.1 Å². The van der Waals surface area contributed by atoms with E-state index in [1.807, 2.05) is 0 Å². The van der Waals surface area contributed by atoms with E-state index in [2.05, 4.69) is 10.1 Å². The number of alkyl halides is 3. The summed E-state index contributed by atoms with van der Waals surface area (Å²) in [5.74, 6) is 1.57. The highest BCUT2D eigenvalue weighted by Crippen LogP contribution is 2.38. The Balaban J connectivity index is 1.42. The Morgan fingerprint density at radius 1 is 1.26 bits per heavy atom. The number of amides is 1. The predicted octanol–water partition coefficient (Wildman–Crippen LogP) is 4.06. The van der Waals surface area contributed by atoms with E-state index in [0.717, 1.165) is 43.6 Å². The molecular weight excluding hydrogens is 359 g/mol. The van der Waals surface area contributed by atoms with Crippen molar-refractivity contribution in [2.75, 3.05) is 13.1 Å². The molecule has 2 aliphatic rings. The Labute approximate surface area is 154 Å². The first-order chi connectivity index (χ1) is 12.9. The molecule has 5 nitrogen and oxygen atoms in total. The summed E-state index contributed by atoms with van der Waals surface area (Å²) in [6.07, 6.45) is 0.0554. The average molecular weight is 379 g/mol. The SMILES string of the molecule is O=C(c1cccc(C(F)(F)F)c1)N1CCC[C@H](Cc2nc(C3CC3)no2)C1.